The predicted molar refractivity (Wildman–Crippen MR) is 165 cm³/mol. The number of para-hydroxylation sites is 1. The van der Waals surface area contributed by atoms with E-state index in [0.29, 0.717) is 43.9 Å². The molecule has 0 bridgehead atoms. The van der Waals surface area contributed by atoms with Crippen molar-refractivity contribution in [2.75, 3.05) is 36.5 Å². The molecule has 3 amide bonds. The molecule has 1 spiro atoms. The second kappa shape index (κ2) is 11.5. The minimum absolute atomic E-state index is 0.0319. The van der Waals surface area contributed by atoms with Crippen LogP contribution in [0.3, 0.4) is 0 Å². The average Bonchev–Trinajstić information content (AvgIpc) is 3.29. The Kier molecular flexibility index (Phi) is 7.48. The molecule has 0 radical (unpaired) electrons. The Morgan fingerprint density at radius 2 is 1.36 bits per heavy atom. The Morgan fingerprint density at radius 1 is 0.762 bits per heavy atom. The van der Waals surface area contributed by atoms with Crippen LogP contribution >= 0.6 is 0 Å². The third-order valence-corrected chi connectivity index (χ3v) is 8.37. The van der Waals surface area contributed by atoms with Crippen molar-refractivity contribution in [1.29, 1.82) is 0 Å². The van der Waals surface area contributed by atoms with Gasteiger partial charge in [0.1, 0.15) is 12.1 Å². The van der Waals surface area contributed by atoms with E-state index in [-0.39, 0.29) is 24.3 Å². The van der Waals surface area contributed by atoms with Gasteiger partial charge in [-0.2, -0.15) is 0 Å². The highest BCUT2D eigenvalue weighted by molar-refractivity contribution is 6.00. The van der Waals surface area contributed by atoms with Crippen LogP contribution in [0, 0.1) is 6.92 Å². The molecule has 0 unspecified atom stereocenters. The lowest BCUT2D eigenvalue weighted by Gasteiger charge is -2.43. The van der Waals surface area contributed by atoms with Gasteiger partial charge in [-0.1, -0.05) is 78.4 Å². The zero-order valence-electron chi connectivity index (χ0n) is 23.7. The summed E-state index contributed by atoms with van der Waals surface area (Å²) in [5, 5.41) is 2.91. The predicted octanol–water partition coefficient (Wildman–Crippen LogP) is 5.58. The van der Waals surface area contributed by atoms with Gasteiger partial charge in [0, 0.05) is 30.0 Å². The second-order valence-electron chi connectivity index (χ2n) is 11.1. The Labute approximate surface area is 246 Å². The van der Waals surface area contributed by atoms with E-state index >= 15 is 0 Å². The van der Waals surface area contributed by atoms with E-state index in [4.69, 9.17) is 0 Å². The standard InChI is InChI=1S/C35H34N4O3/c1-26-12-18-30(19-13-26)36-32(40)24-38-25-39(31-10-6-3-7-11-31)35(34(38)42)20-22-37(23-21-35)33(41)29-16-14-28(15-17-29)27-8-4-2-5-9-27/h2-19H,20-25H2,1H3,(H,36,40). The summed E-state index contributed by atoms with van der Waals surface area (Å²) in [6, 6.07) is 35.2. The highest BCUT2D eigenvalue weighted by atomic mass is 16.2. The third kappa shape index (κ3) is 5.38. The largest absolute Gasteiger partial charge is 0.339 e. The topological polar surface area (TPSA) is 73.0 Å². The molecule has 2 fully saturated rings. The lowest BCUT2D eigenvalue weighted by molar-refractivity contribution is -0.136. The molecule has 0 aromatic heterocycles. The van der Waals surface area contributed by atoms with E-state index in [9.17, 15) is 14.4 Å². The monoisotopic (exact) mass is 558 g/mol. The number of likely N-dealkylation sites (tertiary alicyclic amines) is 1. The number of hydrogen-bond donors (Lipinski definition) is 1. The van der Waals surface area contributed by atoms with Gasteiger partial charge in [0.25, 0.3) is 11.8 Å². The fourth-order valence-corrected chi connectivity index (χ4v) is 6.03. The van der Waals surface area contributed by atoms with E-state index in [1.807, 2.05) is 121 Å². The molecule has 2 saturated heterocycles. The van der Waals surface area contributed by atoms with Crippen LogP contribution in [0.4, 0.5) is 11.4 Å². The van der Waals surface area contributed by atoms with Crippen molar-refractivity contribution in [2.45, 2.75) is 25.3 Å². The van der Waals surface area contributed by atoms with Crippen molar-refractivity contribution < 1.29 is 14.4 Å². The third-order valence-electron chi connectivity index (χ3n) is 8.37. The van der Waals surface area contributed by atoms with Crippen molar-refractivity contribution in [3.8, 4) is 11.1 Å². The SMILES string of the molecule is Cc1ccc(NC(=O)CN2CN(c3ccccc3)C3(CCN(C(=O)c4ccc(-c5ccccc5)cc4)CC3)C2=O)cc1. The molecule has 212 valence electrons. The first-order valence-electron chi connectivity index (χ1n) is 14.4. The van der Waals surface area contributed by atoms with Crippen LogP contribution in [-0.2, 0) is 9.59 Å². The molecule has 42 heavy (non-hydrogen) atoms. The summed E-state index contributed by atoms with van der Waals surface area (Å²) in [4.78, 5) is 46.0. The summed E-state index contributed by atoms with van der Waals surface area (Å²) < 4.78 is 0. The maximum Gasteiger partial charge on any atom is 0.253 e. The van der Waals surface area contributed by atoms with Crippen molar-refractivity contribution in [3.05, 3.63) is 120 Å². The van der Waals surface area contributed by atoms with E-state index in [0.717, 1.165) is 22.4 Å². The van der Waals surface area contributed by atoms with E-state index in [1.165, 1.54) is 0 Å². The number of hydrogen-bond acceptors (Lipinski definition) is 4. The van der Waals surface area contributed by atoms with Gasteiger partial charge in [0.15, 0.2) is 0 Å². The van der Waals surface area contributed by atoms with Gasteiger partial charge >= 0.3 is 0 Å². The molecular weight excluding hydrogens is 524 g/mol. The number of nitrogens with one attached hydrogen (secondary N) is 1. The van der Waals surface area contributed by atoms with E-state index in [2.05, 4.69) is 10.2 Å². The van der Waals surface area contributed by atoms with Gasteiger partial charge in [-0.3, -0.25) is 14.4 Å². The first kappa shape index (κ1) is 27.3. The number of nitrogens with zero attached hydrogens (tertiary/aromatic N) is 3. The van der Waals surface area contributed by atoms with Crippen molar-refractivity contribution in [1.82, 2.24) is 9.80 Å². The number of aryl methyl sites for hydroxylation is 1. The minimum Gasteiger partial charge on any atom is -0.339 e. The summed E-state index contributed by atoms with van der Waals surface area (Å²) in [7, 11) is 0. The number of benzene rings is 4. The Hall–Kier alpha value is -4.91. The smallest absolute Gasteiger partial charge is 0.253 e. The van der Waals surface area contributed by atoms with Crippen LogP contribution in [0.15, 0.2) is 109 Å². The second-order valence-corrected chi connectivity index (χ2v) is 11.1. The molecule has 7 nitrogen and oxygen atoms in total. The summed E-state index contributed by atoms with van der Waals surface area (Å²) in [6.45, 7) is 3.19. The van der Waals surface area contributed by atoms with Crippen LogP contribution in [0.2, 0.25) is 0 Å². The van der Waals surface area contributed by atoms with E-state index in [1.54, 1.807) is 4.90 Å². The Bertz CT molecular complexity index is 1560. The number of carbonyl (C=O) groups is 3. The van der Waals surface area contributed by atoms with Gasteiger partial charge in [0.2, 0.25) is 5.91 Å². The number of amides is 3. The lowest BCUT2D eigenvalue weighted by Crippen LogP contribution is -2.57. The number of piperidine rings is 1. The average molecular weight is 559 g/mol. The molecule has 1 N–H and O–H groups in total. The van der Waals surface area contributed by atoms with Crippen LogP contribution in [0.25, 0.3) is 11.1 Å². The molecule has 0 atom stereocenters. The van der Waals surface area contributed by atoms with Gasteiger partial charge in [-0.15, -0.1) is 0 Å². The molecule has 4 aromatic carbocycles. The minimum atomic E-state index is -0.806. The first-order valence-corrected chi connectivity index (χ1v) is 14.4. The summed E-state index contributed by atoms with van der Waals surface area (Å²) >= 11 is 0. The van der Waals surface area contributed by atoms with Crippen LogP contribution in [0.5, 0.6) is 0 Å². The molecule has 2 heterocycles. The van der Waals surface area contributed by atoms with Gasteiger partial charge < -0.3 is 20.0 Å². The fourth-order valence-electron chi connectivity index (χ4n) is 6.03. The van der Waals surface area contributed by atoms with Crippen LogP contribution in [-0.4, -0.2) is 59.4 Å². The summed E-state index contributed by atoms with van der Waals surface area (Å²) in [6.07, 6.45) is 0.981. The first-order chi connectivity index (χ1) is 20.4. The van der Waals surface area contributed by atoms with E-state index < -0.39 is 5.54 Å². The molecule has 6 rings (SSSR count). The number of carbonyl (C=O) groups excluding carboxylic acids is 3. The molecule has 0 saturated carbocycles. The molecule has 0 aliphatic carbocycles. The van der Waals surface area contributed by atoms with Crippen molar-refractivity contribution in [3.63, 3.8) is 0 Å². The Morgan fingerprint density at radius 3 is 2.00 bits per heavy atom. The number of rotatable bonds is 6. The maximum atomic E-state index is 14.0. The van der Waals surface area contributed by atoms with Gasteiger partial charge in [-0.25, -0.2) is 0 Å². The normalized spacial score (nSPS) is 16.1. The maximum absolute atomic E-state index is 14.0. The van der Waals surface area contributed by atoms with Crippen LogP contribution < -0.4 is 10.2 Å². The molecule has 4 aromatic rings. The summed E-state index contributed by atoms with van der Waals surface area (Å²) in [5.41, 5.74) is 4.74. The van der Waals surface area contributed by atoms with Crippen LogP contribution in [0.1, 0.15) is 28.8 Å². The molecule has 2 aliphatic rings. The van der Waals surface area contributed by atoms with Gasteiger partial charge in [-0.05, 0) is 67.3 Å². The summed E-state index contributed by atoms with van der Waals surface area (Å²) in [5.74, 6) is -0.330. The Balaban J connectivity index is 1.16. The fraction of sp³-hybridized carbons (Fsp3) is 0.229. The highest BCUT2D eigenvalue weighted by Gasteiger charge is 2.54. The molecule has 7 heteroatoms. The van der Waals surface area contributed by atoms with Gasteiger partial charge in [0.05, 0.1) is 6.67 Å². The number of anilines is 2. The zero-order chi connectivity index (χ0) is 29.1. The van der Waals surface area contributed by atoms with Crippen molar-refractivity contribution >= 4 is 29.1 Å². The zero-order valence-corrected chi connectivity index (χ0v) is 23.7. The quantitative estimate of drug-likeness (QED) is 0.335. The van der Waals surface area contributed by atoms with Crippen molar-refractivity contribution in [2.24, 2.45) is 0 Å². The molecular formula is C35H34N4O3. The lowest BCUT2D eigenvalue weighted by atomic mass is 9.85. The molecule has 2 aliphatic heterocycles. The highest BCUT2D eigenvalue weighted by Crippen LogP contribution is 2.39.